The highest BCUT2D eigenvalue weighted by Crippen LogP contribution is 2.37. The maximum atomic E-state index is 12.9. The number of halogens is 1. The van der Waals surface area contributed by atoms with Gasteiger partial charge >= 0.3 is 0 Å². The number of carbonyl (C=O) groups is 2. The number of hydrogen-bond donors (Lipinski definition) is 0. The molecule has 1 aromatic carbocycles. The molecule has 6 nitrogen and oxygen atoms in total. The number of benzene rings is 1. The molecule has 1 saturated heterocycles. The first-order valence-corrected chi connectivity index (χ1v) is 8.31. The van der Waals surface area contributed by atoms with Crippen LogP contribution in [0.1, 0.15) is 30.1 Å². The molecule has 1 atom stereocenters. The van der Waals surface area contributed by atoms with Crippen LogP contribution in [0, 0.1) is 0 Å². The van der Waals surface area contributed by atoms with Crippen LogP contribution in [-0.2, 0) is 4.79 Å². The molecule has 0 aliphatic carbocycles. The van der Waals surface area contributed by atoms with Crippen LogP contribution in [0.3, 0.4) is 0 Å². The van der Waals surface area contributed by atoms with Crippen LogP contribution >= 0.6 is 11.6 Å². The second-order valence-electron chi connectivity index (χ2n) is 5.81. The second kappa shape index (κ2) is 7.75. The summed E-state index contributed by atoms with van der Waals surface area (Å²) in [5.41, 5.74) is 0.388. The van der Waals surface area contributed by atoms with Crippen LogP contribution in [0.5, 0.6) is 11.5 Å². The van der Waals surface area contributed by atoms with Gasteiger partial charge in [-0.05, 0) is 31.9 Å². The van der Waals surface area contributed by atoms with Crippen molar-refractivity contribution in [3.05, 3.63) is 22.7 Å². The Bertz CT molecular complexity index is 633. The molecule has 2 amide bonds. The van der Waals surface area contributed by atoms with E-state index in [1.807, 2.05) is 6.92 Å². The summed E-state index contributed by atoms with van der Waals surface area (Å²) in [6.07, 6.45) is 1.47. The molecule has 0 aromatic heterocycles. The van der Waals surface area contributed by atoms with Crippen molar-refractivity contribution in [1.82, 2.24) is 9.80 Å². The maximum Gasteiger partial charge on any atom is 0.254 e. The number of amides is 2. The lowest BCUT2D eigenvalue weighted by Crippen LogP contribution is -2.45. The van der Waals surface area contributed by atoms with Crippen molar-refractivity contribution in [2.75, 3.05) is 34.4 Å². The molecular formula is C17H23ClN2O4. The number of ether oxygens (including phenoxy) is 2. The normalized spacial score (nSPS) is 16.9. The summed E-state index contributed by atoms with van der Waals surface area (Å²) in [4.78, 5) is 28.3. The van der Waals surface area contributed by atoms with Crippen molar-refractivity contribution in [3.8, 4) is 11.5 Å². The lowest BCUT2D eigenvalue weighted by Gasteiger charge is -2.26. The van der Waals surface area contributed by atoms with Gasteiger partial charge in [0.05, 0.1) is 18.7 Å². The molecule has 7 heteroatoms. The van der Waals surface area contributed by atoms with E-state index < -0.39 is 6.04 Å². The Kier molecular flexibility index (Phi) is 5.94. The summed E-state index contributed by atoms with van der Waals surface area (Å²) in [5.74, 6) is 0.531. The molecule has 1 aromatic rings. The van der Waals surface area contributed by atoms with Crippen LogP contribution in [0.25, 0.3) is 0 Å². The fraction of sp³-hybridized carbons (Fsp3) is 0.529. The Labute approximate surface area is 147 Å². The smallest absolute Gasteiger partial charge is 0.254 e. The number of likely N-dealkylation sites (N-methyl/N-ethyl adjacent to an activating group) is 1. The zero-order valence-corrected chi connectivity index (χ0v) is 15.2. The number of rotatable bonds is 5. The molecule has 0 spiro atoms. The minimum atomic E-state index is -0.427. The molecule has 1 unspecified atom stereocenters. The van der Waals surface area contributed by atoms with Gasteiger partial charge in [0.15, 0.2) is 11.5 Å². The molecule has 0 radical (unpaired) electrons. The molecule has 1 aliphatic heterocycles. The summed E-state index contributed by atoms with van der Waals surface area (Å²) in [6, 6.07) is 2.74. The van der Waals surface area contributed by atoms with Gasteiger partial charge in [0.1, 0.15) is 6.04 Å². The number of likely N-dealkylation sites (tertiary alicyclic amines) is 1. The summed E-state index contributed by atoms with van der Waals surface area (Å²) in [6.45, 7) is 2.83. The third-order valence-electron chi connectivity index (χ3n) is 4.00. The van der Waals surface area contributed by atoms with E-state index in [1.165, 1.54) is 12.0 Å². The molecule has 0 bridgehead atoms. The number of methoxy groups -OCH3 is 1. The predicted octanol–water partition coefficient (Wildman–Crippen LogP) is 2.44. The van der Waals surface area contributed by atoms with E-state index in [0.29, 0.717) is 41.7 Å². The first-order valence-electron chi connectivity index (χ1n) is 7.93. The van der Waals surface area contributed by atoms with Gasteiger partial charge in [-0.2, -0.15) is 0 Å². The number of nitrogens with zero attached hydrogens (tertiary/aromatic N) is 2. The predicted molar refractivity (Wildman–Crippen MR) is 91.9 cm³/mol. The van der Waals surface area contributed by atoms with E-state index in [-0.39, 0.29) is 11.8 Å². The summed E-state index contributed by atoms with van der Waals surface area (Å²) in [7, 11) is 4.89. The van der Waals surface area contributed by atoms with Crippen LogP contribution in [0.2, 0.25) is 5.02 Å². The van der Waals surface area contributed by atoms with Crippen molar-refractivity contribution in [3.63, 3.8) is 0 Å². The molecule has 24 heavy (non-hydrogen) atoms. The minimum absolute atomic E-state index is 0.0650. The van der Waals surface area contributed by atoms with Gasteiger partial charge in [-0.25, -0.2) is 0 Å². The van der Waals surface area contributed by atoms with Gasteiger partial charge < -0.3 is 19.3 Å². The van der Waals surface area contributed by atoms with Gasteiger partial charge in [-0.1, -0.05) is 11.6 Å². The average molecular weight is 355 g/mol. The van der Waals surface area contributed by atoms with Crippen molar-refractivity contribution < 1.29 is 19.1 Å². The highest BCUT2D eigenvalue weighted by Gasteiger charge is 2.35. The van der Waals surface area contributed by atoms with Crippen molar-refractivity contribution >= 4 is 23.4 Å². The number of carbonyl (C=O) groups excluding carboxylic acids is 2. The Morgan fingerprint density at radius 3 is 2.67 bits per heavy atom. The zero-order chi connectivity index (χ0) is 17.9. The van der Waals surface area contributed by atoms with Crippen LogP contribution < -0.4 is 9.47 Å². The summed E-state index contributed by atoms with van der Waals surface area (Å²) < 4.78 is 10.8. The zero-order valence-electron chi connectivity index (χ0n) is 14.5. The van der Waals surface area contributed by atoms with Crippen molar-refractivity contribution in [2.24, 2.45) is 0 Å². The first-order chi connectivity index (χ1) is 11.4. The van der Waals surface area contributed by atoms with Gasteiger partial charge in [-0.15, -0.1) is 0 Å². The Hall–Kier alpha value is -1.95. The lowest BCUT2D eigenvalue weighted by molar-refractivity contribution is -0.132. The van der Waals surface area contributed by atoms with Crippen molar-refractivity contribution in [1.29, 1.82) is 0 Å². The summed E-state index contributed by atoms with van der Waals surface area (Å²) >= 11 is 6.24. The van der Waals surface area contributed by atoms with Crippen LogP contribution in [0.15, 0.2) is 12.1 Å². The highest BCUT2D eigenvalue weighted by atomic mass is 35.5. The average Bonchev–Trinajstić information content (AvgIpc) is 3.04. The third-order valence-corrected chi connectivity index (χ3v) is 4.29. The fourth-order valence-corrected chi connectivity index (χ4v) is 3.12. The van der Waals surface area contributed by atoms with Gasteiger partial charge in [-0.3, -0.25) is 9.59 Å². The molecule has 1 fully saturated rings. The molecule has 0 saturated carbocycles. The molecular weight excluding hydrogens is 332 g/mol. The van der Waals surface area contributed by atoms with E-state index in [1.54, 1.807) is 31.1 Å². The fourth-order valence-electron chi connectivity index (χ4n) is 2.86. The molecule has 1 heterocycles. The monoisotopic (exact) mass is 354 g/mol. The van der Waals surface area contributed by atoms with Crippen molar-refractivity contribution in [2.45, 2.75) is 25.8 Å². The maximum absolute atomic E-state index is 12.9. The first kappa shape index (κ1) is 18.4. The minimum Gasteiger partial charge on any atom is -0.493 e. The topological polar surface area (TPSA) is 59.1 Å². The number of hydrogen-bond acceptors (Lipinski definition) is 4. The molecule has 132 valence electrons. The largest absolute Gasteiger partial charge is 0.493 e. The Morgan fingerprint density at radius 1 is 1.38 bits per heavy atom. The molecule has 2 rings (SSSR count). The second-order valence-corrected chi connectivity index (χ2v) is 6.22. The van der Waals surface area contributed by atoms with Gasteiger partial charge in [0.2, 0.25) is 5.91 Å². The SMILES string of the molecule is CCOc1c(Cl)cc(C(=O)N2CCCC2C(=O)N(C)C)cc1OC. The molecule has 1 aliphatic rings. The third kappa shape index (κ3) is 3.59. The highest BCUT2D eigenvalue weighted by molar-refractivity contribution is 6.32. The standard InChI is InChI=1S/C17H23ClN2O4/c1-5-24-15-12(18)9-11(10-14(15)23-4)16(21)20-8-6-7-13(20)17(22)19(2)3/h9-10,13H,5-8H2,1-4H3. The quantitative estimate of drug-likeness (QED) is 0.815. The summed E-state index contributed by atoms with van der Waals surface area (Å²) in [5, 5.41) is 0.314. The van der Waals surface area contributed by atoms with E-state index in [9.17, 15) is 9.59 Å². The molecule has 0 N–H and O–H groups in total. The van der Waals surface area contributed by atoms with Crippen LogP contribution in [-0.4, -0.2) is 62.0 Å². The Balaban J connectivity index is 2.32. The van der Waals surface area contributed by atoms with Gasteiger partial charge in [0.25, 0.3) is 5.91 Å². The lowest BCUT2D eigenvalue weighted by atomic mass is 10.1. The Morgan fingerprint density at radius 2 is 2.08 bits per heavy atom. The van der Waals surface area contributed by atoms with Gasteiger partial charge in [0, 0.05) is 26.2 Å². The van der Waals surface area contributed by atoms with E-state index in [4.69, 9.17) is 21.1 Å². The van der Waals surface area contributed by atoms with E-state index >= 15 is 0 Å². The van der Waals surface area contributed by atoms with Crippen LogP contribution in [0.4, 0.5) is 0 Å². The van der Waals surface area contributed by atoms with E-state index in [2.05, 4.69) is 0 Å². The van der Waals surface area contributed by atoms with E-state index in [0.717, 1.165) is 6.42 Å².